The molecule has 3 heterocycles. The number of amides is 2. The van der Waals surface area contributed by atoms with Crippen LogP contribution in [-0.4, -0.2) is 46.2 Å². The Labute approximate surface area is 138 Å². The summed E-state index contributed by atoms with van der Waals surface area (Å²) in [7, 11) is 0. The summed E-state index contributed by atoms with van der Waals surface area (Å²) in [6, 6.07) is 4.69. The molecule has 2 aliphatic heterocycles. The van der Waals surface area contributed by atoms with Crippen LogP contribution in [0, 0.1) is 11.7 Å². The van der Waals surface area contributed by atoms with Crippen molar-refractivity contribution in [3.8, 4) is 0 Å². The normalized spacial score (nSPS) is 17.5. The van der Waals surface area contributed by atoms with Crippen molar-refractivity contribution in [3.63, 3.8) is 0 Å². The summed E-state index contributed by atoms with van der Waals surface area (Å²) < 4.78 is 13.5. The minimum absolute atomic E-state index is 0.0690. The van der Waals surface area contributed by atoms with E-state index in [9.17, 15) is 14.0 Å². The molecule has 2 aromatic rings. The van der Waals surface area contributed by atoms with Gasteiger partial charge in [0.05, 0.1) is 5.92 Å². The molecule has 4 rings (SSSR count). The summed E-state index contributed by atoms with van der Waals surface area (Å²) in [6.07, 6.45) is 2.01. The SMILES string of the molecule is C=CC(=O)N1CC(C(=O)N2CCc3[nH]c4ccc(F)cc4c3C2)C1. The van der Waals surface area contributed by atoms with Crippen LogP contribution in [0.15, 0.2) is 30.9 Å². The predicted octanol–water partition coefficient (Wildman–Crippen LogP) is 1.84. The lowest BCUT2D eigenvalue weighted by molar-refractivity contribution is -0.146. The zero-order chi connectivity index (χ0) is 16.8. The first kappa shape index (κ1) is 14.9. The molecule has 0 bridgehead atoms. The van der Waals surface area contributed by atoms with Crippen molar-refractivity contribution < 1.29 is 14.0 Å². The molecule has 0 radical (unpaired) electrons. The molecule has 0 aliphatic carbocycles. The molecule has 5 nitrogen and oxygen atoms in total. The zero-order valence-corrected chi connectivity index (χ0v) is 13.2. The summed E-state index contributed by atoms with van der Waals surface area (Å²) in [5, 5.41) is 0.847. The molecule has 1 N–H and O–H groups in total. The molecule has 0 atom stereocenters. The second-order valence-electron chi connectivity index (χ2n) is 6.43. The quantitative estimate of drug-likeness (QED) is 0.856. The third kappa shape index (κ3) is 2.29. The molecule has 0 saturated carbocycles. The predicted molar refractivity (Wildman–Crippen MR) is 87.6 cm³/mol. The molecule has 2 amide bonds. The Morgan fingerprint density at radius 2 is 2.08 bits per heavy atom. The highest BCUT2D eigenvalue weighted by molar-refractivity contribution is 5.91. The van der Waals surface area contributed by atoms with Crippen LogP contribution in [0.3, 0.4) is 0 Å². The number of aromatic amines is 1. The number of carbonyl (C=O) groups excluding carboxylic acids is 2. The van der Waals surface area contributed by atoms with Gasteiger partial charge in [-0.25, -0.2) is 4.39 Å². The van der Waals surface area contributed by atoms with Gasteiger partial charge in [-0.1, -0.05) is 6.58 Å². The summed E-state index contributed by atoms with van der Waals surface area (Å²) in [6.45, 7) is 5.50. The number of nitrogens with zero attached hydrogens (tertiary/aromatic N) is 2. The van der Waals surface area contributed by atoms with Crippen molar-refractivity contribution in [2.45, 2.75) is 13.0 Å². The Morgan fingerprint density at radius 3 is 2.83 bits per heavy atom. The van der Waals surface area contributed by atoms with Crippen molar-refractivity contribution in [2.75, 3.05) is 19.6 Å². The molecule has 2 aliphatic rings. The fraction of sp³-hybridized carbons (Fsp3) is 0.333. The lowest BCUT2D eigenvalue weighted by Gasteiger charge is -2.41. The molecule has 124 valence electrons. The van der Waals surface area contributed by atoms with Gasteiger partial charge in [0.25, 0.3) is 0 Å². The van der Waals surface area contributed by atoms with Gasteiger partial charge >= 0.3 is 0 Å². The van der Waals surface area contributed by atoms with E-state index >= 15 is 0 Å². The van der Waals surface area contributed by atoms with Gasteiger partial charge in [0.1, 0.15) is 5.82 Å². The van der Waals surface area contributed by atoms with Crippen molar-refractivity contribution in [2.24, 2.45) is 5.92 Å². The van der Waals surface area contributed by atoms with E-state index in [-0.39, 0.29) is 23.5 Å². The summed E-state index contributed by atoms with van der Waals surface area (Å²) >= 11 is 0. The molecule has 1 fully saturated rings. The van der Waals surface area contributed by atoms with Gasteiger partial charge in [-0.05, 0) is 24.3 Å². The van der Waals surface area contributed by atoms with Crippen LogP contribution in [-0.2, 0) is 22.6 Å². The fourth-order valence-electron chi connectivity index (χ4n) is 3.58. The molecule has 24 heavy (non-hydrogen) atoms. The molecular weight excluding hydrogens is 309 g/mol. The third-order valence-electron chi connectivity index (χ3n) is 4.97. The lowest BCUT2D eigenvalue weighted by Crippen LogP contribution is -2.56. The largest absolute Gasteiger partial charge is 0.358 e. The molecule has 0 unspecified atom stereocenters. The first-order valence-corrected chi connectivity index (χ1v) is 8.06. The summed E-state index contributed by atoms with van der Waals surface area (Å²) in [5.74, 6) is -0.477. The number of H-pyrrole nitrogens is 1. The highest BCUT2D eigenvalue weighted by atomic mass is 19.1. The Balaban J connectivity index is 1.51. The van der Waals surface area contributed by atoms with E-state index in [2.05, 4.69) is 11.6 Å². The van der Waals surface area contributed by atoms with Crippen LogP contribution in [0.25, 0.3) is 10.9 Å². The van der Waals surface area contributed by atoms with E-state index < -0.39 is 0 Å². The number of hydrogen-bond acceptors (Lipinski definition) is 2. The second-order valence-corrected chi connectivity index (χ2v) is 6.43. The van der Waals surface area contributed by atoms with Crippen molar-refractivity contribution >= 4 is 22.7 Å². The molecule has 1 aromatic carbocycles. The zero-order valence-electron chi connectivity index (χ0n) is 13.2. The number of nitrogens with one attached hydrogen (secondary N) is 1. The van der Waals surface area contributed by atoms with Gasteiger partial charge in [-0.2, -0.15) is 0 Å². The van der Waals surface area contributed by atoms with E-state index in [1.807, 2.05) is 4.90 Å². The van der Waals surface area contributed by atoms with E-state index in [1.54, 1.807) is 11.0 Å². The number of carbonyl (C=O) groups is 2. The number of hydrogen-bond donors (Lipinski definition) is 1. The van der Waals surface area contributed by atoms with E-state index in [0.717, 1.165) is 28.6 Å². The Hall–Kier alpha value is -2.63. The highest BCUT2D eigenvalue weighted by Gasteiger charge is 2.38. The Morgan fingerprint density at radius 1 is 1.29 bits per heavy atom. The van der Waals surface area contributed by atoms with Gasteiger partial charge in [-0.15, -0.1) is 0 Å². The Bertz CT molecular complexity index is 851. The molecular formula is C18H18FN3O2. The second kappa shape index (κ2) is 5.47. The van der Waals surface area contributed by atoms with Gasteiger partial charge < -0.3 is 14.8 Å². The number of aromatic nitrogens is 1. The number of benzene rings is 1. The number of rotatable bonds is 2. The van der Waals surface area contributed by atoms with Crippen LogP contribution in [0.1, 0.15) is 11.3 Å². The van der Waals surface area contributed by atoms with Crippen LogP contribution >= 0.6 is 0 Å². The smallest absolute Gasteiger partial charge is 0.246 e. The van der Waals surface area contributed by atoms with Crippen molar-refractivity contribution in [1.82, 2.24) is 14.8 Å². The maximum Gasteiger partial charge on any atom is 0.246 e. The fourth-order valence-corrected chi connectivity index (χ4v) is 3.58. The molecule has 1 saturated heterocycles. The van der Waals surface area contributed by atoms with Gasteiger partial charge in [0.2, 0.25) is 11.8 Å². The highest BCUT2D eigenvalue weighted by Crippen LogP contribution is 2.30. The van der Waals surface area contributed by atoms with Crippen LogP contribution < -0.4 is 0 Å². The minimum atomic E-state index is -0.273. The monoisotopic (exact) mass is 327 g/mol. The van der Waals surface area contributed by atoms with Crippen LogP contribution in [0.4, 0.5) is 4.39 Å². The number of halogens is 1. The first-order valence-electron chi connectivity index (χ1n) is 8.06. The van der Waals surface area contributed by atoms with E-state index in [4.69, 9.17) is 0 Å². The van der Waals surface area contributed by atoms with Gasteiger partial charge in [0, 0.05) is 54.8 Å². The van der Waals surface area contributed by atoms with Crippen molar-refractivity contribution in [1.29, 1.82) is 0 Å². The van der Waals surface area contributed by atoms with Crippen LogP contribution in [0.5, 0.6) is 0 Å². The maximum absolute atomic E-state index is 13.5. The lowest BCUT2D eigenvalue weighted by atomic mass is 9.96. The molecule has 0 spiro atoms. The maximum atomic E-state index is 13.5. The van der Waals surface area contributed by atoms with Crippen LogP contribution in [0.2, 0.25) is 0 Å². The molecule has 1 aromatic heterocycles. The average molecular weight is 327 g/mol. The topological polar surface area (TPSA) is 56.4 Å². The number of likely N-dealkylation sites (tertiary alicyclic amines) is 1. The van der Waals surface area contributed by atoms with Crippen molar-refractivity contribution in [3.05, 3.63) is 47.9 Å². The first-order chi connectivity index (χ1) is 11.6. The van der Waals surface area contributed by atoms with Gasteiger partial charge in [-0.3, -0.25) is 9.59 Å². The minimum Gasteiger partial charge on any atom is -0.358 e. The standard InChI is InChI=1S/C18H18FN3O2/c1-2-17(23)22-8-11(9-22)18(24)21-6-5-16-14(10-21)13-7-12(19)3-4-15(13)20-16/h2-4,7,11,20H,1,5-6,8-10H2. The van der Waals surface area contributed by atoms with E-state index in [1.165, 1.54) is 18.2 Å². The van der Waals surface area contributed by atoms with Gasteiger partial charge in [0.15, 0.2) is 0 Å². The summed E-state index contributed by atoms with van der Waals surface area (Å²) in [4.78, 5) is 30.9. The van der Waals surface area contributed by atoms with E-state index in [0.29, 0.717) is 26.2 Å². The summed E-state index contributed by atoms with van der Waals surface area (Å²) in [5.41, 5.74) is 2.99. The average Bonchev–Trinajstić information content (AvgIpc) is 2.90. The molecule has 6 heteroatoms. The third-order valence-corrected chi connectivity index (χ3v) is 4.97. The Kier molecular flexibility index (Phi) is 3.40. The number of fused-ring (bicyclic) bond motifs is 3.